The predicted octanol–water partition coefficient (Wildman–Crippen LogP) is 1.45. The first-order chi connectivity index (χ1) is 10.6. The van der Waals surface area contributed by atoms with Crippen molar-refractivity contribution < 1.29 is 5.11 Å². The lowest BCUT2D eigenvalue weighted by Gasteiger charge is -2.27. The second-order valence-corrected chi connectivity index (χ2v) is 6.42. The highest BCUT2D eigenvalue weighted by Crippen LogP contribution is 2.19. The summed E-state index contributed by atoms with van der Waals surface area (Å²) in [4.78, 5) is 9.59. The third kappa shape index (κ3) is 4.23. The summed E-state index contributed by atoms with van der Waals surface area (Å²) in [6, 6.07) is 0.620. The van der Waals surface area contributed by atoms with Crippen LogP contribution in [-0.2, 0) is 0 Å². The van der Waals surface area contributed by atoms with Crippen LogP contribution >= 0.6 is 0 Å². The van der Waals surface area contributed by atoms with Crippen LogP contribution in [0.3, 0.4) is 0 Å². The van der Waals surface area contributed by atoms with Crippen LogP contribution in [0, 0.1) is 0 Å². The van der Waals surface area contributed by atoms with Crippen LogP contribution < -0.4 is 5.32 Å². The molecular formula is C17H32N4O. The standard InChI is InChI=1S/C17H32N4O/c1-4-17(22,5-2)14-19-16(18-6-3)21-12-9-15(13-21)20-10-7-8-11-20/h7-8,15,22H,4-6,9-14H2,1-3H3,(H,18,19). The van der Waals surface area contributed by atoms with E-state index in [4.69, 9.17) is 4.99 Å². The summed E-state index contributed by atoms with van der Waals surface area (Å²) in [5, 5.41) is 13.8. The topological polar surface area (TPSA) is 51.1 Å². The number of likely N-dealkylation sites (tertiary alicyclic amines) is 1. The lowest BCUT2D eigenvalue weighted by Crippen LogP contribution is -2.44. The van der Waals surface area contributed by atoms with Crippen molar-refractivity contribution in [2.45, 2.75) is 51.7 Å². The fraction of sp³-hybridized carbons (Fsp3) is 0.824. The van der Waals surface area contributed by atoms with Crippen LogP contribution in [0.15, 0.2) is 17.1 Å². The van der Waals surface area contributed by atoms with E-state index in [9.17, 15) is 5.11 Å². The van der Waals surface area contributed by atoms with Gasteiger partial charge in [0.15, 0.2) is 5.96 Å². The maximum atomic E-state index is 10.4. The summed E-state index contributed by atoms with van der Waals surface area (Å²) in [5.74, 6) is 0.956. The smallest absolute Gasteiger partial charge is 0.194 e. The number of aliphatic imine (C=N–C) groups is 1. The van der Waals surface area contributed by atoms with Crippen molar-refractivity contribution in [1.29, 1.82) is 0 Å². The third-order valence-electron chi connectivity index (χ3n) is 5.00. The fourth-order valence-corrected chi connectivity index (χ4v) is 3.15. The maximum Gasteiger partial charge on any atom is 0.194 e. The molecule has 0 radical (unpaired) electrons. The number of nitrogens with zero attached hydrogens (tertiary/aromatic N) is 3. The minimum Gasteiger partial charge on any atom is -0.388 e. The Morgan fingerprint density at radius 2 is 1.95 bits per heavy atom. The number of hydrogen-bond acceptors (Lipinski definition) is 3. The highest BCUT2D eigenvalue weighted by atomic mass is 16.3. The third-order valence-corrected chi connectivity index (χ3v) is 5.00. The summed E-state index contributed by atoms with van der Waals surface area (Å²) in [5.41, 5.74) is -0.668. The van der Waals surface area contributed by atoms with Crippen molar-refractivity contribution in [3.63, 3.8) is 0 Å². The molecule has 22 heavy (non-hydrogen) atoms. The summed E-state index contributed by atoms with van der Waals surface area (Å²) >= 11 is 0. The molecule has 0 aliphatic carbocycles. The van der Waals surface area contributed by atoms with Gasteiger partial charge in [-0.25, -0.2) is 0 Å². The van der Waals surface area contributed by atoms with Gasteiger partial charge < -0.3 is 15.3 Å². The Kier molecular flexibility index (Phi) is 6.26. The molecule has 0 amide bonds. The van der Waals surface area contributed by atoms with E-state index in [2.05, 4.69) is 34.2 Å². The average Bonchev–Trinajstić information content (AvgIpc) is 3.21. The number of rotatable bonds is 6. The Bertz CT molecular complexity index is 395. The molecular weight excluding hydrogens is 276 g/mol. The normalized spacial score (nSPS) is 23.5. The van der Waals surface area contributed by atoms with Crippen molar-refractivity contribution in [3.05, 3.63) is 12.2 Å². The molecule has 0 aromatic rings. The molecule has 0 spiro atoms. The zero-order valence-electron chi connectivity index (χ0n) is 14.4. The van der Waals surface area contributed by atoms with Gasteiger partial charge in [-0.3, -0.25) is 9.89 Å². The Morgan fingerprint density at radius 1 is 1.27 bits per heavy atom. The molecule has 1 unspecified atom stereocenters. The number of guanidine groups is 1. The molecule has 1 saturated heterocycles. The van der Waals surface area contributed by atoms with Gasteiger partial charge in [0.05, 0.1) is 12.1 Å². The summed E-state index contributed by atoms with van der Waals surface area (Å²) < 4.78 is 0. The maximum absolute atomic E-state index is 10.4. The minimum absolute atomic E-state index is 0.481. The molecule has 5 nitrogen and oxygen atoms in total. The molecule has 0 aromatic carbocycles. The zero-order chi connectivity index (χ0) is 16.0. The quantitative estimate of drug-likeness (QED) is 0.443. The predicted molar refractivity (Wildman–Crippen MR) is 92.2 cm³/mol. The van der Waals surface area contributed by atoms with Crippen molar-refractivity contribution in [2.75, 3.05) is 39.3 Å². The Hall–Kier alpha value is -1.07. The van der Waals surface area contributed by atoms with Crippen molar-refractivity contribution in [3.8, 4) is 0 Å². The van der Waals surface area contributed by atoms with Gasteiger partial charge in [-0.05, 0) is 26.2 Å². The van der Waals surface area contributed by atoms with E-state index in [1.807, 2.05) is 13.8 Å². The summed E-state index contributed by atoms with van der Waals surface area (Å²) in [7, 11) is 0. The Labute approximate surface area is 135 Å². The van der Waals surface area contributed by atoms with Crippen LogP contribution in [-0.4, -0.2) is 71.8 Å². The van der Waals surface area contributed by atoms with E-state index in [0.717, 1.165) is 51.5 Å². The highest BCUT2D eigenvalue weighted by molar-refractivity contribution is 5.80. The van der Waals surface area contributed by atoms with Crippen LogP contribution in [0.1, 0.15) is 40.0 Å². The molecule has 126 valence electrons. The first kappa shape index (κ1) is 17.3. The molecule has 0 bridgehead atoms. The second kappa shape index (κ2) is 7.97. The van der Waals surface area contributed by atoms with Gasteiger partial charge in [-0.2, -0.15) is 0 Å². The molecule has 0 saturated carbocycles. The average molecular weight is 308 g/mol. The van der Waals surface area contributed by atoms with Gasteiger partial charge in [0.25, 0.3) is 0 Å². The van der Waals surface area contributed by atoms with E-state index in [-0.39, 0.29) is 0 Å². The van der Waals surface area contributed by atoms with Crippen molar-refractivity contribution in [2.24, 2.45) is 4.99 Å². The van der Waals surface area contributed by atoms with Gasteiger partial charge in [0.2, 0.25) is 0 Å². The largest absolute Gasteiger partial charge is 0.388 e. The fourth-order valence-electron chi connectivity index (χ4n) is 3.15. The van der Waals surface area contributed by atoms with E-state index >= 15 is 0 Å². The van der Waals surface area contributed by atoms with Crippen molar-refractivity contribution >= 4 is 5.96 Å². The highest BCUT2D eigenvalue weighted by Gasteiger charge is 2.30. The van der Waals surface area contributed by atoms with Crippen LogP contribution in [0.4, 0.5) is 0 Å². The van der Waals surface area contributed by atoms with Gasteiger partial charge in [0.1, 0.15) is 0 Å². The van der Waals surface area contributed by atoms with Crippen LogP contribution in [0.5, 0.6) is 0 Å². The van der Waals surface area contributed by atoms with Crippen molar-refractivity contribution in [1.82, 2.24) is 15.1 Å². The van der Waals surface area contributed by atoms with Gasteiger partial charge in [0, 0.05) is 38.8 Å². The molecule has 0 aromatic heterocycles. The number of aliphatic hydroxyl groups is 1. The van der Waals surface area contributed by atoms with Gasteiger partial charge in [-0.15, -0.1) is 0 Å². The molecule has 1 fully saturated rings. The first-order valence-corrected chi connectivity index (χ1v) is 8.76. The molecule has 2 heterocycles. The molecule has 2 rings (SSSR count). The molecule has 5 heteroatoms. The SMILES string of the molecule is CCNC(=NCC(O)(CC)CC)N1CCC(N2CC=CC2)C1. The van der Waals surface area contributed by atoms with E-state index < -0.39 is 5.60 Å². The van der Waals surface area contributed by atoms with Crippen LogP contribution in [0.2, 0.25) is 0 Å². The van der Waals surface area contributed by atoms with Crippen LogP contribution in [0.25, 0.3) is 0 Å². The lowest BCUT2D eigenvalue weighted by atomic mass is 9.98. The lowest BCUT2D eigenvalue weighted by molar-refractivity contribution is 0.0416. The monoisotopic (exact) mass is 308 g/mol. The molecule has 2 aliphatic heterocycles. The minimum atomic E-state index is -0.668. The molecule has 2 N–H and O–H groups in total. The first-order valence-electron chi connectivity index (χ1n) is 8.76. The molecule has 2 aliphatic rings. The Morgan fingerprint density at radius 3 is 2.55 bits per heavy atom. The van der Waals surface area contributed by atoms with Gasteiger partial charge in [-0.1, -0.05) is 26.0 Å². The van der Waals surface area contributed by atoms with E-state index in [1.165, 1.54) is 6.42 Å². The second-order valence-electron chi connectivity index (χ2n) is 6.42. The van der Waals surface area contributed by atoms with Gasteiger partial charge >= 0.3 is 0 Å². The van der Waals surface area contributed by atoms with E-state index in [0.29, 0.717) is 12.6 Å². The summed E-state index contributed by atoms with van der Waals surface area (Å²) in [6.07, 6.45) is 7.19. The zero-order valence-corrected chi connectivity index (χ0v) is 14.4. The molecule has 1 atom stereocenters. The number of nitrogens with one attached hydrogen (secondary N) is 1. The Balaban J connectivity index is 1.96. The van der Waals surface area contributed by atoms with E-state index in [1.54, 1.807) is 0 Å². The summed E-state index contributed by atoms with van der Waals surface area (Å²) in [6.45, 7) is 11.7. The number of hydrogen-bond donors (Lipinski definition) is 2.